The SMILES string of the molecule is Cc1noc(C)c1S(=O)(=O)Nc1ccc2c(c1O)C(=O)C1=C(O)C3(O)C(=O)C(C(N)=O)=C(O)C(N(C)C)C3CC1C2. The van der Waals surface area contributed by atoms with Gasteiger partial charge in [-0.25, -0.2) is 8.42 Å². The molecule has 0 bridgehead atoms. The van der Waals surface area contributed by atoms with Gasteiger partial charge in [-0.2, -0.15) is 0 Å². The van der Waals surface area contributed by atoms with Crippen LogP contribution in [-0.2, 0) is 26.0 Å². The molecule has 15 heteroatoms. The number of carbonyl (C=O) groups is 3. The number of phenols is 1. The fourth-order valence-electron chi connectivity index (χ4n) is 6.36. The first kappa shape index (κ1) is 28.3. The lowest BCUT2D eigenvalue weighted by Crippen LogP contribution is -2.63. The van der Waals surface area contributed by atoms with E-state index in [4.69, 9.17) is 10.3 Å². The third-order valence-electron chi connectivity index (χ3n) is 8.08. The van der Waals surface area contributed by atoms with Crippen molar-refractivity contribution in [2.45, 2.75) is 43.2 Å². The molecule has 0 fully saturated rings. The van der Waals surface area contributed by atoms with Gasteiger partial charge in [0.1, 0.15) is 22.8 Å². The van der Waals surface area contributed by atoms with Crippen LogP contribution in [-0.4, -0.2) is 82.1 Å². The van der Waals surface area contributed by atoms with Crippen molar-refractivity contribution in [3.63, 3.8) is 0 Å². The summed E-state index contributed by atoms with van der Waals surface area (Å²) < 4.78 is 33.2. The zero-order valence-electron chi connectivity index (χ0n) is 22.4. The van der Waals surface area contributed by atoms with E-state index in [1.807, 2.05) is 0 Å². The fraction of sp³-hybridized carbons (Fsp3) is 0.385. The van der Waals surface area contributed by atoms with Crippen molar-refractivity contribution in [2.24, 2.45) is 17.6 Å². The second kappa shape index (κ2) is 9.15. The standard InChI is InChI=1S/C26H28N4O10S/c1-9-22(10(2)40-28-9)41(38,39)29-14-6-5-11-7-12-8-13-18(30(3)4)21(33)17(25(27)36)24(35)26(13,37)23(34)16(12)20(32)15(11)19(14)31/h5-6,12-13,18,29,31,33-34,37H,7-8H2,1-4H3,(H2,27,36). The second-order valence-electron chi connectivity index (χ2n) is 10.7. The molecule has 0 spiro atoms. The Hall–Kier alpha value is -4.21. The van der Waals surface area contributed by atoms with E-state index in [1.165, 1.54) is 45.0 Å². The Bertz CT molecular complexity index is 1700. The van der Waals surface area contributed by atoms with Crippen LogP contribution in [0.2, 0.25) is 0 Å². The average Bonchev–Trinajstić information content (AvgIpc) is 3.21. The minimum Gasteiger partial charge on any atom is -0.510 e. The van der Waals surface area contributed by atoms with Crippen LogP contribution in [0, 0.1) is 25.7 Å². The maximum absolute atomic E-state index is 13.8. The van der Waals surface area contributed by atoms with Gasteiger partial charge in [-0.3, -0.25) is 24.0 Å². The summed E-state index contributed by atoms with van der Waals surface area (Å²) in [6, 6.07) is 1.63. The van der Waals surface area contributed by atoms with E-state index in [-0.39, 0.29) is 46.0 Å². The van der Waals surface area contributed by atoms with Gasteiger partial charge in [0.15, 0.2) is 27.8 Å². The largest absolute Gasteiger partial charge is 0.510 e. The lowest BCUT2D eigenvalue weighted by Gasteiger charge is -2.50. The molecule has 41 heavy (non-hydrogen) atoms. The minimum atomic E-state index is -4.30. The van der Waals surface area contributed by atoms with Crippen LogP contribution in [0.3, 0.4) is 0 Å². The lowest BCUT2D eigenvalue weighted by molar-refractivity contribution is -0.148. The smallest absolute Gasteiger partial charge is 0.267 e. The van der Waals surface area contributed by atoms with Gasteiger partial charge >= 0.3 is 0 Å². The number of hydrogen-bond donors (Lipinski definition) is 6. The molecule has 0 radical (unpaired) electrons. The van der Waals surface area contributed by atoms with Gasteiger partial charge < -0.3 is 30.7 Å². The van der Waals surface area contributed by atoms with Crippen molar-refractivity contribution in [3.8, 4) is 5.75 Å². The number of rotatable bonds is 5. The predicted molar refractivity (Wildman–Crippen MR) is 140 cm³/mol. The molecule has 5 rings (SSSR count). The molecular weight excluding hydrogens is 560 g/mol. The highest BCUT2D eigenvalue weighted by molar-refractivity contribution is 7.92. The van der Waals surface area contributed by atoms with E-state index >= 15 is 0 Å². The number of amides is 1. The quantitative estimate of drug-likeness (QED) is 0.207. The number of nitrogens with zero attached hydrogens (tertiary/aromatic N) is 2. The second-order valence-corrected chi connectivity index (χ2v) is 12.3. The monoisotopic (exact) mass is 588 g/mol. The third-order valence-corrected chi connectivity index (χ3v) is 9.68. The molecular formula is C26H28N4O10S. The number of aliphatic hydroxyl groups excluding tert-OH is 2. The number of allylic oxidation sites excluding steroid dienone is 1. The van der Waals surface area contributed by atoms with Crippen molar-refractivity contribution < 1.29 is 47.8 Å². The molecule has 0 aliphatic heterocycles. The Morgan fingerprint density at radius 1 is 1.20 bits per heavy atom. The first-order valence-electron chi connectivity index (χ1n) is 12.5. The zero-order chi connectivity index (χ0) is 30.3. The molecule has 1 heterocycles. The summed E-state index contributed by atoms with van der Waals surface area (Å²) >= 11 is 0. The number of sulfonamides is 1. The number of aliphatic hydroxyl groups is 3. The molecule has 0 saturated carbocycles. The van der Waals surface area contributed by atoms with Crippen LogP contribution < -0.4 is 10.5 Å². The van der Waals surface area contributed by atoms with E-state index in [0.717, 1.165) is 0 Å². The van der Waals surface area contributed by atoms with Gasteiger partial charge in [0.05, 0.1) is 17.3 Å². The van der Waals surface area contributed by atoms with Crippen molar-refractivity contribution in [1.82, 2.24) is 10.1 Å². The van der Waals surface area contributed by atoms with E-state index in [1.54, 1.807) is 0 Å². The maximum atomic E-state index is 13.8. The number of nitrogens with one attached hydrogen (secondary N) is 1. The number of aromatic nitrogens is 1. The highest BCUT2D eigenvalue weighted by Gasteiger charge is 2.63. The number of likely N-dealkylation sites (N-methyl/N-ethyl adjacent to an activating group) is 1. The first-order valence-corrected chi connectivity index (χ1v) is 14.0. The van der Waals surface area contributed by atoms with E-state index in [0.29, 0.717) is 5.56 Å². The number of carbonyl (C=O) groups excluding carboxylic acids is 3. The molecule has 2 aromatic rings. The molecule has 1 aromatic heterocycles. The summed E-state index contributed by atoms with van der Waals surface area (Å²) in [5.41, 5.74) is 1.04. The molecule has 218 valence electrons. The van der Waals surface area contributed by atoms with Gasteiger partial charge in [-0.05, 0) is 58.3 Å². The number of aryl methyl sites for hydroxylation is 2. The number of nitrogens with two attached hydrogens (primary N) is 1. The van der Waals surface area contributed by atoms with Gasteiger partial charge in [-0.15, -0.1) is 0 Å². The fourth-order valence-corrected chi connectivity index (χ4v) is 7.76. The number of primary amides is 1. The summed E-state index contributed by atoms with van der Waals surface area (Å²) in [6.07, 6.45) is 0.00590. The Kier molecular flexibility index (Phi) is 6.32. The van der Waals surface area contributed by atoms with E-state index < -0.39 is 73.8 Å². The van der Waals surface area contributed by atoms with Crippen LogP contribution in [0.15, 0.2) is 44.2 Å². The van der Waals surface area contributed by atoms with Crippen LogP contribution >= 0.6 is 0 Å². The molecule has 14 nitrogen and oxygen atoms in total. The van der Waals surface area contributed by atoms with Crippen LogP contribution in [0.1, 0.15) is 33.8 Å². The molecule has 4 atom stereocenters. The third kappa shape index (κ3) is 3.87. The number of Topliss-reactive ketones (excluding diaryl/α,β-unsaturated/α-hetero) is 2. The van der Waals surface area contributed by atoms with Crippen molar-refractivity contribution >= 4 is 33.2 Å². The Labute approximate surface area is 233 Å². The zero-order valence-corrected chi connectivity index (χ0v) is 23.2. The van der Waals surface area contributed by atoms with Crippen molar-refractivity contribution in [1.29, 1.82) is 0 Å². The molecule has 1 amide bonds. The van der Waals surface area contributed by atoms with E-state index in [2.05, 4.69) is 9.88 Å². The highest BCUT2D eigenvalue weighted by atomic mass is 32.2. The molecule has 4 unspecified atom stereocenters. The Morgan fingerprint density at radius 2 is 1.85 bits per heavy atom. The molecule has 3 aliphatic carbocycles. The summed E-state index contributed by atoms with van der Waals surface area (Å²) in [5.74, 6) is -7.90. The minimum absolute atomic E-state index is 0.00930. The number of fused-ring (bicyclic) bond motifs is 3. The van der Waals surface area contributed by atoms with Gasteiger partial charge in [0.2, 0.25) is 5.78 Å². The Morgan fingerprint density at radius 3 is 2.41 bits per heavy atom. The summed E-state index contributed by atoms with van der Waals surface area (Å²) in [6.45, 7) is 2.82. The highest BCUT2D eigenvalue weighted by Crippen LogP contribution is 2.52. The number of aromatic hydroxyl groups is 1. The predicted octanol–water partition coefficient (Wildman–Crippen LogP) is 0.526. The van der Waals surface area contributed by atoms with Crippen molar-refractivity contribution in [3.05, 3.63) is 57.4 Å². The normalized spacial score (nSPS) is 26.1. The van der Waals surface area contributed by atoms with Gasteiger partial charge in [0, 0.05) is 11.5 Å². The number of benzene rings is 1. The maximum Gasteiger partial charge on any atom is 0.267 e. The number of hydrogen-bond acceptors (Lipinski definition) is 12. The number of anilines is 1. The molecule has 7 N–H and O–H groups in total. The van der Waals surface area contributed by atoms with Crippen molar-refractivity contribution in [2.75, 3.05) is 18.8 Å². The van der Waals surface area contributed by atoms with Crippen LogP contribution in [0.25, 0.3) is 0 Å². The van der Waals surface area contributed by atoms with Crippen LogP contribution in [0.4, 0.5) is 5.69 Å². The Balaban J connectivity index is 1.63. The molecule has 1 aromatic carbocycles. The summed E-state index contributed by atoms with van der Waals surface area (Å²) in [5, 5.41) is 48.5. The van der Waals surface area contributed by atoms with Gasteiger partial charge in [0.25, 0.3) is 15.9 Å². The van der Waals surface area contributed by atoms with Crippen LogP contribution in [0.5, 0.6) is 5.75 Å². The number of ketones is 2. The van der Waals surface area contributed by atoms with Gasteiger partial charge in [-0.1, -0.05) is 11.2 Å². The summed E-state index contributed by atoms with van der Waals surface area (Å²) in [7, 11) is -1.22. The van der Waals surface area contributed by atoms with E-state index in [9.17, 15) is 43.2 Å². The average molecular weight is 589 g/mol. The molecule has 0 saturated heterocycles. The number of phenolic OH excluding ortho intramolecular Hbond substituents is 1. The topological polar surface area (TPSA) is 234 Å². The first-order chi connectivity index (χ1) is 19.0. The molecule has 3 aliphatic rings. The summed E-state index contributed by atoms with van der Waals surface area (Å²) in [4.78, 5) is 40.5. The lowest BCUT2D eigenvalue weighted by atomic mass is 9.58.